The predicted octanol–water partition coefficient (Wildman–Crippen LogP) is 2.43. The molecular weight excluding hydrogens is 177 g/mol. The Kier molecular flexibility index (Phi) is 2.11. The second-order valence-corrected chi connectivity index (χ2v) is 4.35. The number of nitrogens with two attached hydrogens (primary N) is 1. The van der Waals surface area contributed by atoms with Crippen molar-refractivity contribution in [2.45, 2.75) is 32.1 Å². The number of hydrogen-bond donors (Lipinski definition) is 1. The van der Waals surface area contributed by atoms with E-state index in [0.29, 0.717) is 6.54 Å². The molecule has 0 aromatic heterocycles. The smallest absolute Gasteiger partial charge is 0.129 e. The highest BCUT2D eigenvalue weighted by Crippen LogP contribution is 2.48. The van der Waals surface area contributed by atoms with E-state index in [-0.39, 0.29) is 11.2 Å². The lowest BCUT2D eigenvalue weighted by atomic mass is 9.90. The van der Waals surface area contributed by atoms with Gasteiger partial charge in [0.15, 0.2) is 0 Å². The molecule has 1 aromatic rings. The van der Waals surface area contributed by atoms with Crippen LogP contribution in [0.2, 0.25) is 0 Å². The van der Waals surface area contributed by atoms with Crippen LogP contribution in [-0.2, 0) is 5.41 Å². The predicted molar refractivity (Wildman–Crippen MR) is 55.8 cm³/mol. The minimum atomic E-state index is -0.0674. The zero-order valence-corrected chi connectivity index (χ0v) is 8.73. The van der Waals surface area contributed by atoms with Crippen molar-refractivity contribution in [3.05, 3.63) is 34.6 Å². The monoisotopic (exact) mass is 193 g/mol. The van der Waals surface area contributed by atoms with Crippen LogP contribution in [0.5, 0.6) is 0 Å². The quantitative estimate of drug-likeness (QED) is 0.767. The minimum absolute atomic E-state index is 0.0674. The Morgan fingerprint density at radius 2 is 2.00 bits per heavy atom. The summed E-state index contributed by atoms with van der Waals surface area (Å²) in [5.74, 6) is -0.0674. The third-order valence-corrected chi connectivity index (χ3v) is 3.40. The fraction of sp³-hybridized carbons (Fsp3) is 0.500. The number of halogens is 1. The van der Waals surface area contributed by atoms with Gasteiger partial charge < -0.3 is 5.73 Å². The van der Waals surface area contributed by atoms with Crippen LogP contribution >= 0.6 is 0 Å². The van der Waals surface area contributed by atoms with Gasteiger partial charge in [-0.3, -0.25) is 0 Å². The molecule has 0 atom stereocenters. The minimum Gasteiger partial charge on any atom is -0.330 e. The molecule has 1 fully saturated rings. The number of benzene rings is 1. The lowest BCUT2D eigenvalue weighted by Gasteiger charge is -2.17. The van der Waals surface area contributed by atoms with E-state index in [1.54, 1.807) is 6.92 Å². The molecule has 76 valence electrons. The van der Waals surface area contributed by atoms with E-state index in [4.69, 9.17) is 5.73 Å². The fourth-order valence-electron chi connectivity index (χ4n) is 2.13. The van der Waals surface area contributed by atoms with Gasteiger partial charge in [0.25, 0.3) is 0 Å². The van der Waals surface area contributed by atoms with Gasteiger partial charge in [-0.25, -0.2) is 4.39 Å². The van der Waals surface area contributed by atoms with Crippen molar-refractivity contribution in [1.82, 2.24) is 0 Å². The lowest BCUT2D eigenvalue weighted by Crippen LogP contribution is -2.21. The van der Waals surface area contributed by atoms with E-state index in [1.165, 1.54) is 0 Å². The Morgan fingerprint density at radius 1 is 1.36 bits per heavy atom. The van der Waals surface area contributed by atoms with Crippen molar-refractivity contribution in [1.29, 1.82) is 0 Å². The summed E-state index contributed by atoms with van der Waals surface area (Å²) in [5.41, 5.74) is 8.45. The van der Waals surface area contributed by atoms with Crippen LogP contribution in [0.4, 0.5) is 4.39 Å². The normalized spacial score (nSPS) is 18.3. The summed E-state index contributed by atoms with van der Waals surface area (Å²) in [7, 11) is 0. The van der Waals surface area contributed by atoms with Gasteiger partial charge in [0, 0.05) is 12.0 Å². The molecule has 0 saturated heterocycles. The molecule has 2 heteroatoms. The van der Waals surface area contributed by atoms with Gasteiger partial charge >= 0.3 is 0 Å². The van der Waals surface area contributed by atoms with Crippen molar-refractivity contribution < 1.29 is 4.39 Å². The van der Waals surface area contributed by atoms with Crippen LogP contribution in [0.25, 0.3) is 0 Å². The first-order chi connectivity index (χ1) is 6.60. The zero-order valence-electron chi connectivity index (χ0n) is 8.73. The van der Waals surface area contributed by atoms with Gasteiger partial charge in [-0.05, 0) is 43.4 Å². The van der Waals surface area contributed by atoms with Crippen LogP contribution in [-0.4, -0.2) is 6.54 Å². The number of aryl methyl sites for hydroxylation is 1. The van der Waals surface area contributed by atoms with Crippen LogP contribution in [0.1, 0.15) is 29.5 Å². The molecule has 1 nitrogen and oxygen atoms in total. The van der Waals surface area contributed by atoms with E-state index >= 15 is 0 Å². The summed E-state index contributed by atoms with van der Waals surface area (Å²) in [6, 6.07) is 3.89. The Morgan fingerprint density at radius 3 is 2.50 bits per heavy atom. The van der Waals surface area contributed by atoms with E-state index in [1.807, 2.05) is 19.1 Å². The average Bonchev–Trinajstić information content (AvgIpc) is 2.95. The van der Waals surface area contributed by atoms with E-state index in [2.05, 4.69) is 0 Å². The van der Waals surface area contributed by atoms with Gasteiger partial charge in [-0.1, -0.05) is 12.1 Å². The highest BCUT2D eigenvalue weighted by atomic mass is 19.1. The second-order valence-electron chi connectivity index (χ2n) is 4.35. The highest BCUT2D eigenvalue weighted by molar-refractivity contribution is 5.41. The summed E-state index contributed by atoms with van der Waals surface area (Å²) < 4.78 is 13.6. The van der Waals surface area contributed by atoms with E-state index in [9.17, 15) is 4.39 Å². The first kappa shape index (κ1) is 9.66. The van der Waals surface area contributed by atoms with Crippen molar-refractivity contribution in [2.75, 3.05) is 6.54 Å². The summed E-state index contributed by atoms with van der Waals surface area (Å²) in [6.07, 6.45) is 2.21. The van der Waals surface area contributed by atoms with Crippen LogP contribution in [0, 0.1) is 19.7 Å². The van der Waals surface area contributed by atoms with Crippen molar-refractivity contribution in [3.8, 4) is 0 Å². The molecule has 1 aliphatic rings. The standard InChI is InChI=1S/C12H16FN/c1-8-3-4-10(9(2)11(8)13)12(7-14)5-6-12/h3-4H,5-7,14H2,1-2H3. The Labute approximate surface area is 84.1 Å². The molecule has 1 aromatic carbocycles. The van der Waals surface area contributed by atoms with Crippen LogP contribution in [0.3, 0.4) is 0 Å². The maximum absolute atomic E-state index is 13.6. The van der Waals surface area contributed by atoms with Crippen molar-refractivity contribution in [3.63, 3.8) is 0 Å². The van der Waals surface area contributed by atoms with Crippen LogP contribution < -0.4 is 5.73 Å². The van der Waals surface area contributed by atoms with E-state index in [0.717, 1.165) is 29.5 Å². The van der Waals surface area contributed by atoms with Gasteiger partial charge in [-0.15, -0.1) is 0 Å². The molecule has 1 aliphatic carbocycles. The molecule has 0 radical (unpaired) electrons. The van der Waals surface area contributed by atoms with Gasteiger partial charge in [0.1, 0.15) is 5.82 Å². The average molecular weight is 193 g/mol. The maximum Gasteiger partial charge on any atom is 0.129 e. The summed E-state index contributed by atoms with van der Waals surface area (Å²) >= 11 is 0. The van der Waals surface area contributed by atoms with Crippen molar-refractivity contribution in [2.24, 2.45) is 5.73 Å². The summed E-state index contributed by atoms with van der Waals surface area (Å²) in [5, 5.41) is 0. The molecule has 0 unspecified atom stereocenters. The molecule has 14 heavy (non-hydrogen) atoms. The Bertz CT molecular complexity index is 367. The molecule has 2 rings (SSSR count). The number of hydrogen-bond acceptors (Lipinski definition) is 1. The van der Waals surface area contributed by atoms with Crippen LogP contribution in [0.15, 0.2) is 12.1 Å². The molecule has 2 N–H and O–H groups in total. The SMILES string of the molecule is Cc1ccc(C2(CN)CC2)c(C)c1F. The molecule has 0 spiro atoms. The third-order valence-electron chi connectivity index (χ3n) is 3.40. The van der Waals surface area contributed by atoms with Gasteiger partial charge in [-0.2, -0.15) is 0 Å². The van der Waals surface area contributed by atoms with E-state index < -0.39 is 0 Å². The second kappa shape index (κ2) is 3.06. The first-order valence-electron chi connectivity index (χ1n) is 5.07. The molecule has 0 amide bonds. The Hall–Kier alpha value is -0.890. The highest BCUT2D eigenvalue weighted by Gasteiger charge is 2.44. The Balaban J connectivity index is 2.50. The number of rotatable bonds is 2. The zero-order chi connectivity index (χ0) is 10.3. The summed E-state index contributed by atoms with van der Waals surface area (Å²) in [6.45, 7) is 4.29. The molecular formula is C12H16FN. The lowest BCUT2D eigenvalue weighted by molar-refractivity contribution is 0.596. The molecule has 1 saturated carbocycles. The van der Waals surface area contributed by atoms with Gasteiger partial charge in [0.2, 0.25) is 0 Å². The van der Waals surface area contributed by atoms with Crippen molar-refractivity contribution >= 4 is 0 Å². The first-order valence-corrected chi connectivity index (χ1v) is 5.07. The summed E-state index contributed by atoms with van der Waals surface area (Å²) in [4.78, 5) is 0. The third kappa shape index (κ3) is 1.25. The van der Waals surface area contributed by atoms with Gasteiger partial charge in [0.05, 0.1) is 0 Å². The topological polar surface area (TPSA) is 26.0 Å². The largest absolute Gasteiger partial charge is 0.330 e. The fourth-order valence-corrected chi connectivity index (χ4v) is 2.13. The molecule has 0 heterocycles. The molecule has 0 bridgehead atoms. The molecule has 0 aliphatic heterocycles. The maximum atomic E-state index is 13.6.